The van der Waals surface area contributed by atoms with Crippen molar-refractivity contribution in [3.63, 3.8) is 0 Å². The molecule has 25 heavy (non-hydrogen) atoms. The van der Waals surface area contributed by atoms with Gasteiger partial charge in [-0.3, -0.25) is 18.7 Å². The number of carboxylic acids is 1. The highest BCUT2D eigenvalue weighted by atomic mass is 16.4. The summed E-state index contributed by atoms with van der Waals surface area (Å²) in [6.07, 6.45) is 0.953. The van der Waals surface area contributed by atoms with E-state index in [1.165, 1.54) is 4.90 Å². The zero-order chi connectivity index (χ0) is 18.4. The fraction of sp³-hybridized carbons (Fsp3) is 0.500. The van der Waals surface area contributed by atoms with Crippen LogP contribution in [0.3, 0.4) is 0 Å². The Kier molecular flexibility index (Phi) is 6.38. The molecule has 136 valence electrons. The van der Waals surface area contributed by atoms with Gasteiger partial charge in [0, 0.05) is 32.6 Å². The van der Waals surface area contributed by atoms with E-state index in [2.05, 4.69) is 0 Å². The Labute approximate surface area is 146 Å². The van der Waals surface area contributed by atoms with Crippen LogP contribution in [0, 0.1) is 0 Å². The molecule has 0 spiro atoms. The molecule has 1 aromatic heterocycles. The van der Waals surface area contributed by atoms with E-state index in [-0.39, 0.29) is 31.0 Å². The number of carbonyl (C=O) groups excluding carboxylic acids is 1. The van der Waals surface area contributed by atoms with Crippen LogP contribution in [0.2, 0.25) is 0 Å². The summed E-state index contributed by atoms with van der Waals surface area (Å²) < 4.78 is 3.37. The molecule has 0 aliphatic carbocycles. The smallest absolute Gasteiger partial charge is 0.329 e. The molecule has 0 bridgehead atoms. The van der Waals surface area contributed by atoms with Gasteiger partial charge in [-0.1, -0.05) is 19.1 Å². The third-order valence-electron chi connectivity index (χ3n) is 4.25. The molecule has 0 unspecified atom stereocenters. The summed E-state index contributed by atoms with van der Waals surface area (Å²) in [6, 6.07) is 7.57. The van der Waals surface area contributed by atoms with Gasteiger partial charge < -0.3 is 10.0 Å². The molecule has 7 nitrogen and oxygen atoms in total. The van der Waals surface area contributed by atoms with Crippen LogP contribution in [0.1, 0.15) is 33.1 Å². The van der Waals surface area contributed by atoms with Crippen molar-refractivity contribution in [1.82, 2.24) is 14.0 Å². The average Bonchev–Trinajstić information content (AvgIpc) is 2.86. The van der Waals surface area contributed by atoms with Crippen molar-refractivity contribution >= 4 is 22.9 Å². The minimum absolute atomic E-state index is 0.0741. The molecule has 0 saturated heterocycles. The number of benzene rings is 1. The van der Waals surface area contributed by atoms with E-state index < -0.39 is 5.97 Å². The minimum atomic E-state index is -0.926. The highest BCUT2D eigenvalue weighted by molar-refractivity contribution is 5.78. The number of hydrogen-bond acceptors (Lipinski definition) is 3. The lowest BCUT2D eigenvalue weighted by Crippen LogP contribution is -2.34. The van der Waals surface area contributed by atoms with Crippen LogP contribution in [0.4, 0.5) is 0 Å². The normalized spacial score (nSPS) is 11.0. The number of rotatable bonds is 9. The molecule has 1 N–H and O–H groups in total. The first-order valence-corrected chi connectivity index (χ1v) is 8.67. The summed E-state index contributed by atoms with van der Waals surface area (Å²) in [5, 5.41) is 8.77. The van der Waals surface area contributed by atoms with Crippen molar-refractivity contribution < 1.29 is 14.7 Å². The molecule has 2 aromatic rings. The number of nitrogens with zero attached hydrogens (tertiary/aromatic N) is 3. The molecule has 1 amide bonds. The molecule has 0 aliphatic heterocycles. The summed E-state index contributed by atoms with van der Waals surface area (Å²) in [5.41, 5.74) is 1.59. The van der Waals surface area contributed by atoms with Crippen LogP contribution in [0.15, 0.2) is 29.1 Å². The van der Waals surface area contributed by atoms with Gasteiger partial charge in [0.05, 0.1) is 17.5 Å². The van der Waals surface area contributed by atoms with E-state index in [4.69, 9.17) is 5.11 Å². The summed E-state index contributed by atoms with van der Waals surface area (Å²) in [7, 11) is 0. The number of aromatic nitrogens is 2. The van der Waals surface area contributed by atoms with Crippen molar-refractivity contribution in [1.29, 1.82) is 0 Å². The number of imidazole rings is 1. The summed E-state index contributed by atoms with van der Waals surface area (Å²) in [4.78, 5) is 37.2. The van der Waals surface area contributed by atoms with E-state index >= 15 is 0 Å². The largest absolute Gasteiger partial charge is 0.481 e. The molecule has 0 aliphatic rings. The number of carboxylic acid groups (broad SMARTS) is 1. The average molecular weight is 347 g/mol. The number of aryl methyl sites for hydroxylation is 2. The van der Waals surface area contributed by atoms with Crippen molar-refractivity contribution in [3.05, 3.63) is 34.7 Å². The van der Waals surface area contributed by atoms with Gasteiger partial charge in [-0.2, -0.15) is 0 Å². The number of para-hydroxylation sites is 2. The fourth-order valence-electron chi connectivity index (χ4n) is 2.98. The first-order chi connectivity index (χ1) is 12.0. The topological polar surface area (TPSA) is 84.5 Å². The van der Waals surface area contributed by atoms with Gasteiger partial charge in [-0.05, 0) is 25.5 Å². The Morgan fingerprint density at radius 1 is 1.04 bits per heavy atom. The molecule has 0 atom stereocenters. The molecule has 0 fully saturated rings. The first-order valence-electron chi connectivity index (χ1n) is 8.67. The van der Waals surface area contributed by atoms with Gasteiger partial charge in [0.1, 0.15) is 0 Å². The van der Waals surface area contributed by atoms with Gasteiger partial charge in [0.25, 0.3) is 0 Å². The van der Waals surface area contributed by atoms with Crippen LogP contribution in [0.5, 0.6) is 0 Å². The van der Waals surface area contributed by atoms with Crippen LogP contribution in [0.25, 0.3) is 11.0 Å². The maximum absolute atomic E-state index is 12.7. The fourth-order valence-corrected chi connectivity index (χ4v) is 2.98. The van der Waals surface area contributed by atoms with Gasteiger partial charge in [-0.15, -0.1) is 0 Å². The molecule has 0 radical (unpaired) electrons. The predicted octanol–water partition coefficient (Wildman–Crippen LogP) is 1.93. The number of carbonyl (C=O) groups is 2. The van der Waals surface area contributed by atoms with E-state index in [1.54, 1.807) is 9.13 Å². The van der Waals surface area contributed by atoms with Crippen molar-refractivity contribution in [2.45, 2.75) is 46.2 Å². The molecule has 1 heterocycles. The second-order valence-electron chi connectivity index (χ2n) is 5.94. The van der Waals surface area contributed by atoms with Crippen LogP contribution in [-0.4, -0.2) is 44.1 Å². The number of fused-ring (bicyclic) bond motifs is 1. The van der Waals surface area contributed by atoms with Crippen molar-refractivity contribution in [3.8, 4) is 0 Å². The first kappa shape index (κ1) is 18.8. The highest BCUT2D eigenvalue weighted by Crippen LogP contribution is 2.14. The highest BCUT2D eigenvalue weighted by Gasteiger charge is 2.16. The second kappa shape index (κ2) is 8.50. The lowest BCUT2D eigenvalue weighted by molar-refractivity contribution is -0.138. The Balaban J connectivity index is 2.17. The number of hydrogen-bond donors (Lipinski definition) is 1. The third-order valence-corrected chi connectivity index (χ3v) is 4.25. The standard InChI is InChI=1S/C18H25N3O4/c1-3-11-20-14-7-5-6-8-15(14)21(18(20)25)13-9-16(22)19(4-2)12-10-17(23)24/h5-8H,3-4,9-13H2,1-2H3,(H,23,24). The molecule has 1 aromatic carbocycles. The van der Waals surface area contributed by atoms with E-state index in [0.717, 1.165) is 17.5 Å². The van der Waals surface area contributed by atoms with Gasteiger partial charge in [0.15, 0.2) is 0 Å². The molecule has 0 saturated carbocycles. The monoisotopic (exact) mass is 347 g/mol. The maximum Gasteiger partial charge on any atom is 0.329 e. The Hall–Kier alpha value is -2.57. The lowest BCUT2D eigenvalue weighted by atomic mass is 10.3. The molecular formula is C18H25N3O4. The zero-order valence-electron chi connectivity index (χ0n) is 14.8. The van der Waals surface area contributed by atoms with Crippen LogP contribution in [-0.2, 0) is 22.7 Å². The second-order valence-corrected chi connectivity index (χ2v) is 5.94. The zero-order valence-corrected chi connectivity index (χ0v) is 14.8. The Morgan fingerprint density at radius 3 is 2.16 bits per heavy atom. The maximum atomic E-state index is 12.7. The van der Waals surface area contributed by atoms with E-state index in [1.807, 2.05) is 38.1 Å². The molecule has 7 heteroatoms. The molecular weight excluding hydrogens is 322 g/mol. The van der Waals surface area contributed by atoms with Gasteiger partial charge in [0.2, 0.25) is 5.91 Å². The lowest BCUT2D eigenvalue weighted by Gasteiger charge is -2.20. The Morgan fingerprint density at radius 2 is 1.64 bits per heavy atom. The van der Waals surface area contributed by atoms with Crippen LogP contribution < -0.4 is 5.69 Å². The van der Waals surface area contributed by atoms with E-state index in [9.17, 15) is 14.4 Å². The number of amides is 1. The quantitative estimate of drug-likeness (QED) is 0.751. The summed E-state index contributed by atoms with van der Waals surface area (Å²) in [5.74, 6) is -1.06. The van der Waals surface area contributed by atoms with E-state index in [0.29, 0.717) is 19.6 Å². The summed E-state index contributed by atoms with van der Waals surface area (Å²) >= 11 is 0. The minimum Gasteiger partial charge on any atom is -0.481 e. The summed E-state index contributed by atoms with van der Waals surface area (Å²) in [6.45, 7) is 5.41. The third kappa shape index (κ3) is 4.29. The number of aliphatic carboxylic acids is 1. The molecule has 2 rings (SSSR count). The van der Waals surface area contributed by atoms with Crippen molar-refractivity contribution in [2.75, 3.05) is 13.1 Å². The Bertz CT molecular complexity index is 806. The van der Waals surface area contributed by atoms with Gasteiger partial charge >= 0.3 is 11.7 Å². The predicted molar refractivity (Wildman–Crippen MR) is 95.6 cm³/mol. The van der Waals surface area contributed by atoms with Crippen LogP contribution >= 0.6 is 0 Å². The van der Waals surface area contributed by atoms with Crippen molar-refractivity contribution in [2.24, 2.45) is 0 Å². The SMILES string of the molecule is CCCn1c(=O)n(CCC(=O)N(CC)CCC(=O)O)c2ccccc21. The van der Waals surface area contributed by atoms with Gasteiger partial charge in [-0.25, -0.2) is 4.79 Å².